The van der Waals surface area contributed by atoms with Gasteiger partial charge in [0, 0.05) is 25.2 Å². The summed E-state index contributed by atoms with van der Waals surface area (Å²) in [5.74, 6) is 3.20. The van der Waals surface area contributed by atoms with Gasteiger partial charge in [0.25, 0.3) is 0 Å². The van der Waals surface area contributed by atoms with Crippen molar-refractivity contribution in [3.63, 3.8) is 0 Å². The van der Waals surface area contributed by atoms with Crippen LogP contribution < -0.4 is 20.1 Å². The normalized spacial score (nSPS) is 11.1. The molecule has 7 nitrogen and oxygen atoms in total. The van der Waals surface area contributed by atoms with Gasteiger partial charge in [0.05, 0.1) is 38.3 Å². The molecule has 29 heavy (non-hydrogen) atoms. The summed E-state index contributed by atoms with van der Waals surface area (Å²) in [6.07, 6.45) is 0. The van der Waals surface area contributed by atoms with Gasteiger partial charge in [-0.2, -0.15) is 0 Å². The number of ether oxygens (including phenoxy) is 2. The van der Waals surface area contributed by atoms with Crippen LogP contribution in [0.3, 0.4) is 0 Å². The molecule has 0 aliphatic carbocycles. The molecule has 1 aromatic heterocycles. The Balaban J connectivity index is 0.00000300. The molecule has 0 aliphatic rings. The molecule has 0 fully saturated rings. The van der Waals surface area contributed by atoms with Crippen LogP contribution in [0.5, 0.6) is 11.5 Å². The summed E-state index contributed by atoms with van der Waals surface area (Å²) in [7, 11) is 5.32. The first kappa shape index (κ1) is 22.8. The number of aromatic nitrogens is 2. The van der Waals surface area contributed by atoms with Crippen LogP contribution in [0.15, 0.2) is 47.5 Å². The average molecular weight is 509 g/mol. The number of nitrogens with zero attached hydrogens (tertiary/aromatic N) is 3. The highest BCUT2D eigenvalue weighted by Gasteiger charge is 2.09. The summed E-state index contributed by atoms with van der Waals surface area (Å²) >= 11 is 0. The minimum absolute atomic E-state index is 0. The third-order valence-corrected chi connectivity index (χ3v) is 4.54. The van der Waals surface area contributed by atoms with Crippen LogP contribution in [0, 0.1) is 0 Å². The third-order valence-electron chi connectivity index (χ3n) is 4.54. The number of benzene rings is 2. The van der Waals surface area contributed by atoms with Crippen LogP contribution >= 0.6 is 24.0 Å². The van der Waals surface area contributed by atoms with E-state index in [1.807, 2.05) is 50.4 Å². The Morgan fingerprint density at radius 2 is 1.90 bits per heavy atom. The van der Waals surface area contributed by atoms with E-state index in [9.17, 15) is 0 Å². The summed E-state index contributed by atoms with van der Waals surface area (Å²) in [6, 6.07) is 13.9. The van der Waals surface area contributed by atoms with Crippen molar-refractivity contribution in [3.8, 4) is 11.5 Å². The van der Waals surface area contributed by atoms with E-state index in [1.165, 1.54) is 0 Å². The van der Waals surface area contributed by atoms with Crippen molar-refractivity contribution in [2.75, 3.05) is 20.8 Å². The summed E-state index contributed by atoms with van der Waals surface area (Å²) in [4.78, 5) is 9.38. The molecule has 0 saturated heterocycles. The van der Waals surface area contributed by atoms with Gasteiger partial charge in [0.2, 0.25) is 0 Å². The van der Waals surface area contributed by atoms with E-state index in [2.05, 4.69) is 26.3 Å². The maximum atomic E-state index is 5.46. The van der Waals surface area contributed by atoms with Crippen LogP contribution in [0.2, 0.25) is 0 Å². The van der Waals surface area contributed by atoms with Gasteiger partial charge in [-0.15, -0.1) is 24.0 Å². The topological polar surface area (TPSA) is 72.7 Å². The monoisotopic (exact) mass is 509 g/mol. The second-order valence-electron chi connectivity index (χ2n) is 6.30. The molecule has 1 heterocycles. The first-order valence-electron chi connectivity index (χ1n) is 9.29. The zero-order chi connectivity index (χ0) is 19.9. The highest BCUT2D eigenvalue weighted by Crippen LogP contribution is 2.25. The molecule has 2 N–H and O–H groups in total. The van der Waals surface area contributed by atoms with E-state index >= 15 is 0 Å². The van der Waals surface area contributed by atoms with E-state index in [1.54, 1.807) is 14.2 Å². The Kier molecular flexibility index (Phi) is 8.56. The van der Waals surface area contributed by atoms with Gasteiger partial charge < -0.3 is 24.7 Å². The molecule has 0 aliphatic heterocycles. The van der Waals surface area contributed by atoms with Crippen LogP contribution in [0.25, 0.3) is 11.0 Å². The number of aryl methyl sites for hydroxylation is 1. The van der Waals surface area contributed by atoms with Gasteiger partial charge in [0.15, 0.2) is 5.96 Å². The first-order chi connectivity index (χ1) is 13.7. The van der Waals surface area contributed by atoms with Crippen molar-refractivity contribution in [3.05, 3.63) is 53.9 Å². The molecule has 2 aromatic carbocycles. The highest BCUT2D eigenvalue weighted by atomic mass is 127. The number of imidazole rings is 1. The Labute approximate surface area is 188 Å². The van der Waals surface area contributed by atoms with E-state index < -0.39 is 0 Å². The molecular weight excluding hydrogens is 481 g/mol. The van der Waals surface area contributed by atoms with Crippen molar-refractivity contribution >= 4 is 41.0 Å². The molecule has 0 saturated carbocycles. The van der Waals surface area contributed by atoms with Gasteiger partial charge in [-0.05, 0) is 31.2 Å². The molecule has 0 spiro atoms. The van der Waals surface area contributed by atoms with Crippen molar-refractivity contribution in [1.82, 2.24) is 20.2 Å². The maximum absolute atomic E-state index is 5.46. The van der Waals surface area contributed by atoms with Gasteiger partial charge in [-0.1, -0.05) is 12.1 Å². The smallest absolute Gasteiger partial charge is 0.191 e. The summed E-state index contributed by atoms with van der Waals surface area (Å²) in [6.45, 7) is 3.89. The number of para-hydroxylation sites is 2. The lowest BCUT2D eigenvalue weighted by Crippen LogP contribution is -2.37. The number of methoxy groups -OCH3 is 2. The van der Waals surface area contributed by atoms with E-state index in [0.29, 0.717) is 13.1 Å². The predicted octanol–water partition coefficient (Wildman–Crippen LogP) is 3.46. The molecule has 0 unspecified atom stereocenters. The number of hydrogen-bond acceptors (Lipinski definition) is 4. The number of aliphatic imine (C=N–C) groups is 1. The second-order valence-corrected chi connectivity index (χ2v) is 6.30. The molecule has 0 bridgehead atoms. The Hall–Kier alpha value is -2.49. The zero-order valence-corrected chi connectivity index (χ0v) is 19.6. The largest absolute Gasteiger partial charge is 0.497 e. The fraction of sp³-hybridized carbons (Fsp3) is 0.333. The van der Waals surface area contributed by atoms with Crippen molar-refractivity contribution in [2.24, 2.45) is 12.0 Å². The van der Waals surface area contributed by atoms with Crippen LogP contribution in [-0.2, 0) is 20.1 Å². The molecule has 3 rings (SSSR count). The minimum Gasteiger partial charge on any atom is -0.497 e. The number of fused-ring (bicyclic) bond motifs is 1. The Morgan fingerprint density at radius 1 is 1.10 bits per heavy atom. The second kappa shape index (κ2) is 10.9. The first-order valence-corrected chi connectivity index (χ1v) is 9.29. The van der Waals surface area contributed by atoms with Crippen molar-refractivity contribution in [2.45, 2.75) is 20.0 Å². The maximum Gasteiger partial charge on any atom is 0.191 e. The summed E-state index contributed by atoms with van der Waals surface area (Å²) in [5.41, 5.74) is 3.10. The minimum atomic E-state index is 0. The van der Waals surface area contributed by atoms with Gasteiger partial charge >= 0.3 is 0 Å². The van der Waals surface area contributed by atoms with E-state index in [4.69, 9.17) is 14.5 Å². The predicted molar refractivity (Wildman–Crippen MR) is 127 cm³/mol. The lowest BCUT2D eigenvalue weighted by molar-refractivity contribution is 0.391. The fourth-order valence-corrected chi connectivity index (χ4v) is 3.00. The van der Waals surface area contributed by atoms with E-state index in [0.717, 1.165) is 46.4 Å². The van der Waals surface area contributed by atoms with E-state index in [-0.39, 0.29) is 24.0 Å². The molecule has 0 radical (unpaired) electrons. The summed E-state index contributed by atoms with van der Waals surface area (Å²) in [5, 5.41) is 6.63. The standard InChI is InChI=1S/C21H27N5O2.HI/c1-5-22-21(23-13-15-10-11-16(27-3)12-19(15)28-4)24-14-20-25-17-8-6-7-9-18(17)26(20)2;/h6-12H,5,13-14H2,1-4H3,(H2,22,23,24);1H. The van der Waals surface area contributed by atoms with Gasteiger partial charge in [-0.25, -0.2) is 9.98 Å². The molecule has 0 atom stereocenters. The van der Waals surface area contributed by atoms with Gasteiger partial charge in [-0.3, -0.25) is 0 Å². The molecule has 0 amide bonds. The molecular formula is C21H28IN5O2. The quantitative estimate of drug-likeness (QED) is 0.290. The molecule has 156 valence electrons. The average Bonchev–Trinajstić information content (AvgIpc) is 3.05. The van der Waals surface area contributed by atoms with Crippen LogP contribution in [0.1, 0.15) is 18.3 Å². The number of nitrogens with one attached hydrogen (secondary N) is 2. The lowest BCUT2D eigenvalue weighted by atomic mass is 10.2. The SMILES string of the molecule is CCNC(=NCc1ccc(OC)cc1OC)NCc1nc2ccccc2n1C.I. The van der Waals surface area contributed by atoms with Crippen LogP contribution in [-0.4, -0.2) is 36.3 Å². The number of hydrogen-bond donors (Lipinski definition) is 2. The van der Waals surface area contributed by atoms with Gasteiger partial charge in [0.1, 0.15) is 17.3 Å². The highest BCUT2D eigenvalue weighted by molar-refractivity contribution is 14.0. The molecule has 3 aromatic rings. The molecule has 8 heteroatoms. The number of halogens is 1. The Bertz CT molecular complexity index is 971. The van der Waals surface area contributed by atoms with Crippen LogP contribution in [0.4, 0.5) is 0 Å². The number of guanidine groups is 1. The van der Waals surface area contributed by atoms with Crippen molar-refractivity contribution in [1.29, 1.82) is 0 Å². The van der Waals surface area contributed by atoms with Crippen molar-refractivity contribution < 1.29 is 9.47 Å². The Morgan fingerprint density at radius 3 is 2.59 bits per heavy atom. The zero-order valence-electron chi connectivity index (χ0n) is 17.2. The number of rotatable bonds is 7. The fourth-order valence-electron chi connectivity index (χ4n) is 3.00. The lowest BCUT2D eigenvalue weighted by Gasteiger charge is -2.13. The third kappa shape index (κ3) is 5.53. The summed E-state index contributed by atoms with van der Waals surface area (Å²) < 4.78 is 12.8.